The Labute approximate surface area is 143 Å². The minimum absolute atomic E-state index is 0. The van der Waals surface area contributed by atoms with Crippen molar-refractivity contribution in [2.45, 2.75) is 26.2 Å². The highest BCUT2D eigenvalue weighted by molar-refractivity contribution is 5.85. The van der Waals surface area contributed by atoms with E-state index in [-0.39, 0.29) is 18.8 Å². The quantitative estimate of drug-likeness (QED) is 0.806. The highest BCUT2D eigenvalue weighted by Crippen LogP contribution is 2.15. The summed E-state index contributed by atoms with van der Waals surface area (Å²) in [6, 6.07) is 1.77. The van der Waals surface area contributed by atoms with Gasteiger partial charge in [-0.1, -0.05) is 0 Å². The van der Waals surface area contributed by atoms with Crippen molar-refractivity contribution >= 4 is 24.3 Å². The monoisotopic (exact) mass is 344 g/mol. The van der Waals surface area contributed by atoms with Crippen LogP contribution in [-0.4, -0.2) is 65.3 Å². The predicted molar refractivity (Wildman–Crippen MR) is 90.6 cm³/mol. The molecular weight excluding hydrogens is 320 g/mol. The molecule has 0 aliphatic carbocycles. The first-order valence-electron chi connectivity index (χ1n) is 7.84. The number of carbonyl (C=O) groups is 1. The Morgan fingerprint density at radius 3 is 2.91 bits per heavy atom. The molecule has 2 heterocycles. The van der Waals surface area contributed by atoms with E-state index in [9.17, 15) is 4.79 Å². The van der Waals surface area contributed by atoms with Crippen molar-refractivity contribution in [3.8, 4) is 5.88 Å². The van der Waals surface area contributed by atoms with Gasteiger partial charge in [-0.2, -0.15) is 4.98 Å². The smallest absolute Gasteiger partial charge is 0.303 e. The fourth-order valence-corrected chi connectivity index (χ4v) is 2.56. The molecule has 1 N–H and O–H groups in total. The van der Waals surface area contributed by atoms with Crippen molar-refractivity contribution in [1.29, 1.82) is 0 Å². The standard InChI is InChI=1S/C15H24N4O3.ClH/c1-2-22-13-6-7-16-15(17-13)19-10-4-9-18(11-12-19)8-3-5-14(20)21;/h6-7H,2-5,8-12H2,1H3,(H,20,21);1H. The Balaban J connectivity index is 0.00000264. The van der Waals surface area contributed by atoms with Crippen LogP contribution in [0.25, 0.3) is 0 Å². The normalized spacial score (nSPS) is 15.6. The number of anilines is 1. The Hall–Kier alpha value is -1.60. The average Bonchev–Trinajstić information content (AvgIpc) is 2.73. The number of carboxylic acids is 1. The van der Waals surface area contributed by atoms with E-state index in [1.54, 1.807) is 12.3 Å². The number of halogens is 1. The minimum atomic E-state index is -0.724. The van der Waals surface area contributed by atoms with E-state index in [2.05, 4.69) is 19.8 Å². The van der Waals surface area contributed by atoms with Gasteiger partial charge in [-0.3, -0.25) is 4.79 Å². The Morgan fingerprint density at radius 2 is 2.17 bits per heavy atom. The maximum Gasteiger partial charge on any atom is 0.303 e. The second-order valence-electron chi connectivity index (χ2n) is 5.31. The number of carboxylic acid groups (broad SMARTS) is 1. The third-order valence-electron chi connectivity index (χ3n) is 3.65. The number of hydrogen-bond acceptors (Lipinski definition) is 6. The molecule has 7 nitrogen and oxygen atoms in total. The molecule has 1 fully saturated rings. The molecule has 0 saturated carbocycles. The number of nitrogens with zero attached hydrogens (tertiary/aromatic N) is 4. The van der Waals surface area contributed by atoms with Crippen LogP contribution in [0.2, 0.25) is 0 Å². The van der Waals surface area contributed by atoms with Gasteiger partial charge in [0.1, 0.15) is 0 Å². The molecule has 23 heavy (non-hydrogen) atoms. The zero-order chi connectivity index (χ0) is 15.8. The summed E-state index contributed by atoms with van der Waals surface area (Å²) < 4.78 is 5.42. The molecule has 1 aromatic rings. The zero-order valence-corrected chi connectivity index (χ0v) is 14.3. The van der Waals surface area contributed by atoms with Crippen molar-refractivity contribution in [1.82, 2.24) is 14.9 Å². The summed E-state index contributed by atoms with van der Waals surface area (Å²) >= 11 is 0. The van der Waals surface area contributed by atoms with E-state index < -0.39 is 5.97 Å². The van der Waals surface area contributed by atoms with E-state index in [0.717, 1.165) is 39.1 Å². The fraction of sp³-hybridized carbons (Fsp3) is 0.667. The largest absolute Gasteiger partial charge is 0.481 e. The van der Waals surface area contributed by atoms with E-state index >= 15 is 0 Å². The maximum absolute atomic E-state index is 10.6. The number of aliphatic carboxylic acids is 1. The molecule has 1 aliphatic rings. The molecule has 0 spiro atoms. The third kappa shape index (κ3) is 6.58. The molecule has 0 radical (unpaired) electrons. The lowest BCUT2D eigenvalue weighted by atomic mass is 10.3. The van der Waals surface area contributed by atoms with Gasteiger partial charge < -0.3 is 19.6 Å². The van der Waals surface area contributed by atoms with E-state index in [0.29, 0.717) is 24.9 Å². The highest BCUT2D eigenvalue weighted by atomic mass is 35.5. The topological polar surface area (TPSA) is 78.8 Å². The van der Waals surface area contributed by atoms with Crippen molar-refractivity contribution < 1.29 is 14.6 Å². The van der Waals surface area contributed by atoms with Crippen molar-refractivity contribution in [3.63, 3.8) is 0 Å². The molecule has 1 aromatic heterocycles. The summed E-state index contributed by atoms with van der Waals surface area (Å²) in [6.07, 6.45) is 3.68. The van der Waals surface area contributed by atoms with Crippen molar-refractivity contribution in [2.24, 2.45) is 0 Å². The van der Waals surface area contributed by atoms with Gasteiger partial charge in [-0.05, 0) is 32.9 Å². The molecular formula is C15H25ClN4O3. The van der Waals surface area contributed by atoms with Crippen LogP contribution in [0.4, 0.5) is 5.95 Å². The number of ether oxygens (including phenoxy) is 1. The maximum atomic E-state index is 10.6. The number of hydrogen-bond donors (Lipinski definition) is 1. The minimum Gasteiger partial charge on any atom is -0.481 e. The van der Waals surface area contributed by atoms with E-state index in [1.807, 2.05) is 6.92 Å². The van der Waals surface area contributed by atoms with Crippen LogP contribution in [0.3, 0.4) is 0 Å². The van der Waals surface area contributed by atoms with Crippen LogP contribution in [0, 0.1) is 0 Å². The molecule has 2 rings (SSSR count). The molecule has 0 amide bonds. The first kappa shape index (κ1) is 19.4. The summed E-state index contributed by atoms with van der Waals surface area (Å²) in [5, 5.41) is 8.70. The number of rotatable bonds is 7. The Bertz CT molecular complexity index is 490. The van der Waals surface area contributed by atoms with Gasteiger partial charge in [0.15, 0.2) is 0 Å². The van der Waals surface area contributed by atoms with Gasteiger partial charge in [0, 0.05) is 38.3 Å². The Morgan fingerprint density at radius 1 is 1.35 bits per heavy atom. The summed E-state index contributed by atoms with van der Waals surface area (Å²) in [6.45, 7) is 7.01. The van der Waals surface area contributed by atoms with Gasteiger partial charge in [0.2, 0.25) is 11.8 Å². The van der Waals surface area contributed by atoms with Crippen LogP contribution in [0.1, 0.15) is 26.2 Å². The third-order valence-corrected chi connectivity index (χ3v) is 3.65. The molecule has 130 valence electrons. The molecule has 1 saturated heterocycles. The first-order chi connectivity index (χ1) is 10.7. The Kier molecular flexibility index (Phi) is 8.65. The van der Waals surface area contributed by atoms with Gasteiger partial charge in [0.05, 0.1) is 6.61 Å². The highest BCUT2D eigenvalue weighted by Gasteiger charge is 2.17. The first-order valence-corrected chi connectivity index (χ1v) is 7.84. The van der Waals surface area contributed by atoms with Gasteiger partial charge in [-0.25, -0.2) is 4.98 Å². The predicted octanol–water partition coefficient (Wildman–Crippen LogP) is 1.67. The van der Waals surface area contributed by atoms with Crippen LogP contribution < -0.4 is 9.64 Å². The van der Waals surface area contributed by atoms with Crippen LogP contribution in [-0.2, 0) is 4.79 Å². The fourth-order valence-electron chi connectivity index (χ4n) is 2.56. The van der Waals surface area contributed by atoms with Crippen LogP contribution >= 0.6 is 12.4 Å². The lowest BCUT2D eigenvalue weighted by Gasteiger charge is -2.21. The van der Waals surface area contributed by atoms with Gasteiger partial charge in [0.25, 0.3) is 0 Å². The summed E-state index contributed by atoms with van der Waals surface area (Å²) in [5.41, 5.74) is 0. The average molecular weight is 345 g/mol. The molecule has 0 unspecified atom stereocenters. The SMILES string of the molecule is CCOc1ccnc(N2CCCN(CCCC(=O)O)CC2)n1.Cl. The second-order valence-corrected chi connectivity index (χ2v) is 5.31. The second kappa shape index (κ2) is 10.2. The van der Waals surface area contributed by atoms with E-state index in [1.165, 1.54) is 0 Å². The van der Waals surface area contributed by atoms with Crippen molar-refractivity contribution in [3.05, 3.63) is 12.3 Å². The molecule has 0 aromatic carbocycles. The van der Waals surface area contributed by atoms with Crippen molar-refractivity contribution in [2.75, 3.05) is 44.2 Å². The molecule has 1 aliphatic heterocycles. The van der Waals surface area contributed by atoms with Gasteiger partial charge >= 0.3 is 5.97 Å². The summed E-state index contributed by atoms with van der Waals surface area (Å²) in [5.74, 6) is 0.589. The van der Waals surface area contributed by atoms with Crippen LogP contribution in [0.15, 0.2) is 12.3 Å². The number of aromatic nitrogens is 2. The zero-order valence-electron chi connectivity index (χ0n) is 13.5. The molecule has 0 bridgehead atoms. The van der Waals surface area contributed by atoms with Crippen LogP contribution in [0.5, 0.6) is 5.88 Å². The summed E-state index contributed by atoms with van der Waals surface area (Å²) in [4.78, 5) is 23.8. The molecule has 0 atom stereocenters. The lowest BCUT2D eigenvalue weighted by Crippen LogP contribution is -2.32. The van der Waals surface area contributed by atoms with E-state index in [4.69, 9.17) is 9.84 Å². The molecule has 8 heteroatoms. The van der Waals surface area contributed by atoms with Gasteiger partial charge in [-0.15, -0.1) is 12.4 Å². The lowest BCUT2D eigenvalue weighted by molar-refractivity contribution is -0.137. The summed E-state index contributed by atoms with van der Waals surface area (Å²) in [7, 11) is 0.